The third kappa shape index (κ3) is 4.07. The maximum Gasteiger partial charge on any atom is 0.274 e. The fourth-order valence-electron chi connectivity index (χ4n) is 2.77. The quantitative estimate of drug-likeness (QED) is 0.923. The van der Waals surface area contributed by atoms with Crippen LogP contribution in [-0.2, 0) is 6.54 Å². The van der Waals surface area contributed by atoms with Crippen LogP contribution in [-0.4, -0.2) is 39.9 Å². The summed E-state index contributed by atoms with van der Waals surface area (Å²) in [6.45, 7) is 1.98. The van der Waals surface area contributed by atoms with E-state index >= 15 is 0 Å². The summed E-state index contributed by atoms with van der Waals surface area (Å²) in [6, 6.07) is 5.05. The molecule has 7 heteroatoms. The molecule has 1 aliphatic rings. The van der Waals surface area contributed by atoms with Gasteiger partial charge in [0.25, 0.3) is 5.91 Å². The summed E-state index contributed by atoms with van der Waals surface area (Å²) in [4.78, 5) is 22.1. The number of carbonyl (C=O) groups excluding carboxylic acids is 1. The Hall–Kier alpha value is -2.05. The molecule has 1 amide bonds. The number of benzene rings is 1. The summed E-state index contributed by atoms with van der Waals surface area (Å²) in [5, 5.41) is 3.57. The van der Waals surface area contributed by atoms with Crippen molar-refractivity contribution in [3.63, 3.8) is 0 Å². The largest absolute Gasteiger partial charge is 0.337 e. The standard InChI is InChI=1S/C17H18ClFN4O/c18-14-9-12(1-2-15(14)19)10-22-13-3-7-23(8-4-13)17(24)16-11-20-5-6-21-16/h1-2,5-6,9,11,13,22H,3-4,7-8,10H2. The Kier molecular flexibility index (Phi) is 5.37. The highest BCUT2D eigenvalue weighted by Gasteiger charge is 2.24. The van der Waals surface area contributed by atoms with Crippen molar-refractivity contribution >= 4 is 17.5 Å². The Morgan fingerprint density at radius 1 is 1.33 bits per heavy atom. The lowest BCUT2D eigenvalue weighted by molar-refractivity contribution is 0.0698. The van der Waals surface area contributed by atoms with Crippen molar-refractivity contribution in [1.82, 2.24) is 20.2 Å². The molecule has 1 fully saturated rings. The highest BCUT2D eigenvalue weighted by Crippen LogP contribution is 2.17. The van der Waals surface area contributed by atoms with E-state index in [1.54, 1.807) is 23.2 Å². The summed E-state index contributed by atoms with van der Waals surface area (Å²) in [5.74, 6) is -0.483. The van der Waals surface area contributed by atoms with Crippen LogP contribution in [0.4, 0.5) is 4.39 Å². The van der Waals surface area contributed by atoms with Crippen LogP contribution < -0.4 is 5.32 Å². The fourth-order valence-corrected chi connectivity index (χ4v) is 2.97. The van der Waals surface area contributed by atoms with Gasteiger partial charge < -0.3 is 10.2 Å². The molecule has 126 valence electrons. The average molecular weight is 349 g/mol. The van der Waals surface area contributed by atoms with Gasteiger partial charge in [0.05, 0.1) is 11.2 Å². The van der Waals surface area contributed by atoms with Crippen molar-refractivity contribution < 1.29 is 9.18 Å². The first-order chi connectivity index (χ1) is 11.6. The molecule has 1 saturated heterocycles. The first-order valence-corrected chi connectivity index (χ1v) is 8.24. The molecule has 1 aromatic carbocycles. The molecule has 2 heterocycles. The molecule has 5 nitrogen and oxygen atoms in total. The molecule has 0 radical (unpaired) electrons. The molecular weight excluding hydrogens is 331 g/mol. The summed E-state index contributed by atoms with van der Waals surface area (Å²) in [6.07, 6.45) is 6.29. The van der Waals surface area contributed by atoms with Crippen LogP contribution >= 0.6 is 11.6 Å². The number of nitrogens with one attached hydrogen (secondary N) is 1. The van der Waals surface area contributed by atoms with Gasteiger partial charge in [-0.25, -0.2) is 9.37 Å². The second-order valence-corrected chi connectivity index (χ2v) is 6.19. The second-order valence-electron chi connectivity index (χ2n) is 5.79. The molecule has 0 spiro atoms. The van der Waals surface area contributed by atoms with Crippen LogP contribution in [0.25, 0.3) is 0 Å². The average Bonchev–Trinajstić information content (AvgIpc) is 2.63. The lowest BCUT2D eigenvalue weighted by atomic mass is 10.0. The number of hydrogen-bond acceptors (Lipinski definition) is 4. The molecular formula is C17H18ClFN4O. The van der Waals surface area contributed by atoms with Crippen LogP contribution in [0.3, 0.4) is 0 Å². The number of amides is 1. The van der Waals surface area contributed by atoms with E-state index in [2.05, 4.69) is 15.3 Å². The SMILES string of the molecule is O=C(c1cnccn1)N1CCC(NCc2ccc(F)c(Cl)c2)CC1. The molecule has 1 N–H and O–H groups in total. The van der Waals surface area contributed by atoms with Gasteiger partial charge in [-0.15, -0.1) is 0 Å². The van der Waals surface area contributed by atoms with E-state index in [-0.39, 0.29) is 10.9 Å². The van der Waals surface area contributed by atoms with Gasteiger partial charge in [-0.2, -0.15) is 0 Å². The van der Waals surface area contributed by atoms with Crippen LogP contribution in [0.5, 0.6) is 0 Å². The van der Waals surface area contributed by atoms with Gasteiger partial charge in [-0.05, 0) is 30.5 Å². The topological polar surface area (TPSA) is 58.1 Å². The highest BCUT2D eigenvalue weighted by molar-refractivity contribution is 6.30. The maximum absolute atomic E-state index is 13.2. The Balaban J connectivity index is 1.48. The normalized spacial score (nSPS) is 15.5. The van der Waals surface area contributed by atoms with E-state index in [0.717, 1.165) is 18.4 Å². The Morgan fingerprint density at radius 2 is 2.12 bits per heavy atom. The zero-order chi connectivity index (χ0) is 16.9. The molecule has 0 unspecified atom stereocenters. The minimum atomic E-state index is -0.406. The molecule has 0 bridgehead atoms. The summed E-state index contributed by atoms with van der Waals surface area (Å²) in [5.41, 5.74) is 1.32. The smallest absolute Gasteiger partial charge is 0.274 e. The van der Waals surface area contributed by atoms with Crippen molar-refractivity contribution in [2.24, 2.45) is 0 Å². The van der Waals surface area contributed by atoms with Gasteiger partial charge in [-0.3, -0.25) is 9.78 Å². The van der Waals surface area contributed by atoms with Crippen LogP contribution in [0, 0.1) is 5.82 Å². The number of hydrogen-bond donors (Lipinski definition) is 1. The predicted octanol–water partition coefficient (Wildman–Crippen LogP) is 2.66. The van der Waals surface area contributed by atoms with E-state index in [4.69, 9.17) is 11.6 Å². The van der Waals surface area contributed by atoms with Gasteiger partial charge >= 0.3 is 0 Å². The molecule has 2 aromatic rings. The van der Waals surface area contributed by atoms with E-state index < -0.39 is 5.82 Å². The summed E-state index contributed by atoms with van der Waals surface area (Å²) < 4.78 is 13.2. The number of aromatic nitrogens is 2. The third-order valence-corrected chi connectivity index (χ3v) is 4.43. The third-order valence-electron chi connectivity index (χ3n) is 4.14. The minimum absolute atomic E-state index is 0.0770. The van der Waals surface area contributed by atoms with E-state index in [1.807, 2.05) is 0 Å². The monoisotopic (exact) mass is 348 g/mol. The van der Waals surface area contributed by atoms with Crippen LogP contribution in [0.1, 0.15) is 28.9 Å². The number of likely N-dealkylation sites (tertiary alicyclic amines) is 1. The molecule has 1 aliphatic heterocycles. The Bertz CT molecular complexity index is 705. The zero-order valence-electron chi connectivity index (χ0n) is 13.1. The Morgan fingerprint density at radius 3 is 2.79 bits per heavy atom. The first-order valence-electron chi connectivity index (χ1n) is 7.86. The van der Waals surface area contributed by atoms with Gasteiger partial charge in [0, 0.05) is 38.1 Å². The van der Waals surface area contributed by atoms with Crippen molar-refractivity contribution in [1.29, 1.82) is 0 Å². The van der Waals surface area contributed by atoms with Crippen molar-refractivity contribution in [2.75, 3.05) is 13.1 Å². The van der Waals surface area contributed by atoms with Gasteiger partial charge in [0.15, 0.2) is 0 Å². The van der Waals surface area contributed by atoms with E-state index in [1.165, 1.54) is 18.5 Å². The fraction of sp³-hybridized carbons (Fsp3) is 0.353. The van der Waals surface area contributed by atoms with Gasteiger partial charge in [0.1, 0.15) is 11.5 Å². The minimum Gasteiger partial charge on any atom is -0.337 e. The molecule has 0 aliphatic carbocycles. The highest BCUT2D eigenvalue weighted by atomic mass is 35.5. The van der Waals surface area contributed by atoms with Crippen LogP contribution in [0.2, 0.25) is 5.02 Å². The lowest BCUT2D eigenvalue weighted by Crippen LogP contribution is -2.44. The number of carbonyl (C=O) groups is 1. The second kappa shape index (κ2) is 7.68. The van der Waals surface area contributed by atoms with Crippen molar-refractivity contribution in [3.8, 4) is 0 Å². The number of piperidine rings is 1. The molecule has 0 atom stereocenters. The lowest BCUT2D eigenvalue weighted by Gasteiger charge is -2.32. The molecule has 24 heavy (non-hydrogen) atoms. The van der Waals surface area contributed by atoms with Gasteiger partial charge in [0.2, 0.25) is 0 Å². The number of halogens is 2. The number of nitrogens with zero attached hydrogens (tertiary/aromatic N) is 3. The number of rotatable bonds is 4. The van der Waals surface area contributed by atoms with Gasteiger partial charge in [-0.1, -0.05) is 17.7 Å². The summed E-state index contributed by atoms with van der Waals surface area (Å²) in [7, 11) is 0. The predicted molar refractivity (Wildman–Crippen MR) is 89.2 cm³/mol. The maximum atomic E-state index is 13.2. The van der Waals surface area contributed by atoms with Crippen molar-refractivity contribution in [2.45, 2.75) is 25.4 Å². The van der Waals surface area contributed by atoms with Crippen LogP contribution in [0.15, 0.2) is 36.8 Å². The molecule has 0 saturated carbocycles. The summed E-state index contributed by atoms with van der Waals surface area (Å²) >= 11 is 5.79. The van der Waals surface area contributed by atoms with E-state index in [9.17, 15) is 9.18 Å². The molecule has 3 rings (SSSR count). The van der Waals surface area contributed by atoms with Crippen molar-refractivity contribution in [3.05, 3.63) is 58.9 Å². The molecule has 1 aromatic heterocycles. The first kappa shape index (κ1) is 16.8. The zero-order valence-corrected chi connectivity index (χ0v) is 13.8. The Labute approximate surface area is 144 Å². The van der Waals surface area contributed by atoms with E-state index in [0.29, 0.717) is 31.4 Å².